The highest BCUT2D eigenvalue weighted by atomic mass is 32.1. The molecule has 3 aromatic rings. The first kappa shape index (κ1) is 11.3. The summed E-state index contributed by atoms with van der Waals surface area (Å²) in [7, 11) is 0. The van der Waals surface area contributed by atoms with Crippen LogP contribution in [-0.2, 0) is 0 Å². The summed E-state index contributed by atoms with van der Waals surface area (Å²) in [6.07, 6.45) is 0. The lowest BCUT2D eigenvalue weighted by Crippen LogP contribution is -2.09. The summed E-state index contributed by atoms with van der Waals surface area (Å²) in [5, 5.41) is 13.0. The van der Waals surface area contributed by atoms with Gasteiger partial charge in [0.15, 0.2) is 0 Å². The summed E-state index contributed by atoms with van der Waals surface area (Å²) in [4.78, 5) is 12.7. The number of nitrogens with zero attached hydrogens (tertiary/aromatic N) is 2. The largest absolute Gasteiger partial charge is 0.296 e. The van der Waals surface area contributed by atoms with E-state index in [-0.39, 0.29) is 5.91 Å². The minimum atomic E-state index is -0.132. The van der Waals surface area contributed by atoms with Gasteiger partial charge >= 0.3 is 0 Å². The van der Waals surface area contributed by atoms with Gasteiger partial charge in [0.2, 0.25) is 5.13 Å². The lowest BCUT2D eigenvalue weighted by molar-refractivity contribution is 0.103. The van der Waals surface area contributed by atoms with Crippen molar-refractivity contribution in [2.45, 2.75) is 6.92 Å². The smallest absolute Gasteiger partial charge is 0.267 e. The van der Waals surface area contributed by atoms with Gasteiger partial charge in [-0.25, -0.2) is 0 Å². The molecule has 0 fully saturated rings. The Kier molecular flexibility index (Phi) is 2.81. The predicted octanol–water partition coefficient (Wildman–Crippen LogP) is 3.31. The number of hydrogen-bond acceptors (Lipinski definition) is 5. The van der Waals surface area contributed by atoms with Gasteiger partial charge < -0.3 is 0 Å². The van der Waals surface area contributed by atoms with Crippen molar-refractivity contribution in [3.8, 4) is 0 Å². The lowest BCUT2D eigenvalue weighted by atomic mass is 10.2. The van der Waals surface area contributed by atoms with E-state index < -0.39 is 0 Å². The van der Waals surface area contributed by atoms with Crippen LogP contribution in [0.1, 0.15) is 14.7 Å². The second-order valence-electron chi connectivity index (χ2n) is 3.73. The number of benzene rings is 1. The summed E-state index contributed by atoms with van der Waals surface area (Å²) in [6, 6.07) is 9.83. The van der Waals surface area contributed by atoms with Crippen molar-refractivity contribution in [1.29, 1.82) is 0 Å². The van der Waals surface area contributed by atoms with E-state index in [1.165, 1.54) is 22.7 Å². The second kappa shape index (κ2) is 4.47. The molecular formula is C12H9N3OS2. The van der Waals surface area contributed by atoms with Crippen molar-refractivity contribution in [2.24, 2.45) is 0 Å². The van der Waals surface area contributed by atoms with E-state index in [0.717, 1.165) is 15.1 Å². The molecular weight excluding hydrogens is 266 g/mol. The molecule has 0 aliphatic carbocycles. The van der Waals surface area contributed by atoms with Gasteiger partial charge in [-0.05, 0) is 24.4 Å². The molecule has 0 radical (unpaired) electrons. The number of thiophene rings is 1. The molecule has 18 heavy (non-hydrogen) atoms. The van der Waals surface area contributed by atoms with Gasteiger partial charge in [0.25, 0.3) is 5.91 Å². The first-order valence-corrected chi connectivity index (χ1v) is 6.96. The van der Waals surface area contributed by atoms with Gasteiger partial charge in [0.1, 0.15) is 5.01 Å². The van der Waals surface area contributed by atoms with E-state index in [4.69, 9.17) is 0 Å². The van der Waals surface area contributed by atoms with E-state index >= 15 is 0 Å². The molecule has 0 aliphatic rings. The van der Waals surface area contributed by atoms with E-state index in [0.29, 0.717) is 10.0 Å². The van der Waals surface area contributed by atoms with Crippen molar-refractivity contribution in [1.82, 2.24) is 10.2 Å². The highest BCUT2D eigenvalue weighted by Crippen LogP contribution is 2.26. The molecule has 6 heteroatoms. The Morgan fingerprint density at radius 2 is 2.06 bits per heavy atom. The number of aryl methyl sites for hydroxylation is 1. The zero-order valence-corrected chi connectivity index (χ0v) is 11.1. The molecule has 0 aliphatic heterocycles. The monoisotopic (exact) mass is 275 g/mol. The third-order valence-corrected chi connectivity index (χ3v) is 4.26. The summed E-state index contributed by atoms with van der Waals surface area (Å²) >= 11 is 2.84. The van der Waals surface area contributed by atoms with Gasteiger partial charge in [-0.2, -0.15) is 0 Å². The van der Waals surface area contributed by atoms with Gasteiger partial charge in [-0.1, -0.05) is 29.5 Å². The van der Waals surface area contributed by atoms with E-state index in [1.54, 1.807) is 0 Å². The molecule has 2 heterocycles. The molecule has 0 unspecified atom stereocenters. The standard InChI is InChI=1S/C12H9N3OS2/c1-7-14-15-12(17-7)13-11(16)10-6-8-4-2-3-5-9(8)18-10/h2-6H,1H3,(H,13,15,16). The normalized spacial score (nSPS) is 10.7. The maximum atomic E-state index is 12.0. The highest BCUT2D eigenvalue weighted by molar-refractivity contribution is 7.21. The van der Waals surface area contributed by atoms with Crippen LogP contribution in [0.25, 0.3) is 10.1 Å². The van der Waals surface area contributed by atoms with Gasteiger partial charge in [0.05, 0.1) is 4.88 Å². The summed E-state index contributed by atoms with van der Waals surface area (Å²) < 4.78 is 1.11. The van der Waals surface area contributed by atoms with Crippen molar-refractivity contribution < 1.29 is 4.79 Å². The van der Waals surface area contributed by atoms with Crippen molar-refractivity contribution in [3.05, 3.63) is 40.2 Å². The number of hydrogen-bond donors (Lipinski definition) is 1. The molecule has 3 rings (SSSR count). The quantitative estimate of drug-likeness (QED) is 0.780. The fraction of sp³-hybridized carbons (Fsp3) is 0.0833. The van der Waals surface area contributed by atoms with Crippen LogP contribution in [0.5, 0.6) is 0 Å². The first-order valence-electron chi connectivity index (χ1n) is 5.32. The Hall–Kier alpha value is -1.79. The molecule has 4 nitrogen and oxygen atoms in total. The Bertz CT molecular complexity index is 684. The van der Waals surface area contributed by atoms with Crippen LogP contribution in [0.3, 0.4) is 0 Å². The molecule has 90 valence electrons. The van der Waals surface area contributed by atoms with Crippen molar-refractivity contribution in [2.75, 3.05) is 5.32 Å². The Morgan fingerprint density at radius 1 is 1.22 bits per heavy atom. The molecule has 1 N–H and O–H groups in total. The Balaban J connectivity index is 1.87. The van der Waals surface area contributed by atoms with Crippen LogP contribution in [-0.4, -0.2) is 16.1 Å². The molecule has 1 aromatic carbocycles. The zero-order chi connectivity index (χ0) is 12.5. The number of fused-ring (bicyclic) bond motifs is 1. The fourth-order valence-electron chi connectivity index (χ4n) is 1.60. The number of amides is 1. The molecule has 0 atom stereocenters. The van der Waals surface area contributed by atoms with E-state index in [2.05, 4.69) is 15.5 Å². The van der Waals surface area contributed by atoms with E-state index in [9.17, 15) is 4.79 Å². The third-order valence-electron chi connectivity index (χ3n) is 2.40. The Labute approximate surface area is 111 Å². The maximum Gasteiger partial charge on any atom is 0.267 e. The molecule has 0 saturated heterocycles. The topological polar surface area (TPSA) is 54.9 Å². The minimum absolute atomic E-state index is 0.132. The number of carbonyl (C=O) groups excluding carboxylic acids is 1. The molecule has 2 aromatic heterocycles. The molecule has 1 amide bonds. The molecule has 0 spiro atoms. The van der Waals surface area contributed by atoms with E-state index in [1.807, 2.05) is 37.3 Å². The van der Waals surface area contributed by atoms with Crippen LogP contribution in [0.2, 0.25) is 0 Å². The third kappa shape index (κ3) is 2.12. The summed E-state index contributed by atoms with van der Waals surface area (Å²) in [5.74, 6) is -0.132. The predicted molar refractivity (Wildman–Crippen MR) is 74.4 cm³/mol. The summed E-state index contributed by atoms with van der Waals surface area (Å²) in [5.41, 5.74) is 0. The fourth-order valence-corrected chi connectivity index (χ4v) is 3.14. The number of nitrogens with one attached hydrogen (secondary N) is 1. The second-order valence-corrected chi connectivity index (χ2v) is 5.99. The molecule has 0 saturated carbocycles. The average molecular weight is 275 g/mol. The maximum absolute atomic E-state index is 12.0. The van der Waals surface area contributed by atoms with Gasteiger partial charge in [-0.3, -0.25) is 10.1 Å². The molecule has 0 bridgehead atoms. The SMILES string of the molecule is Cc1nnc(NC(=O)c2cc3ccccc3s2)s1. The van der Waals surface area contributed by atoms with Crippen molar-refractivity contribution in [3.63, 3.8) is 0 Å². The zero-order valence-electron chi connectivity index (χ0n) is 9.51. The van der Waals surface area contributed by atoms with Crippen LogP contribution in [0, 0.1) is 6.92 Å². The van der Waals surface area contributed by atoms with Gasteiger partial charge in [-0.15, -0.1) is 21.5 Å². The summed E-state index contributed by atoms with van der Waals surface area (Å²) in [6.45, 7) is 1.85. The lowest BCUT2D eigenvalue weighted by Gasteiger charge is -1.95. The number of rotatable bonds is 2. The van der Waals surface area contributed by atoms with Crippen LogP contribution in [0.15, 0.2) is 30.3 Å². The Morgan fingerprint density at radius 3 is 2.78 bits per heavy atom. The minimum Gasteiger partial charge on any atom is -0.296 e. The van der Waals surface area contributed by atoms with Crippen LogP contribution >= 0.6 is 22.7 Å². The van der Waals surface area contributed by atoms with Crippen molar-refractivity contribution >= 4 is 43.8 Å². The van der Waals surface area contributed by atoms with Crippen LogP contribution < -0.4 is 5.32 Å². The van der Waals surface area contributed by atoms with Gasteiger partial charge in [0, 0.05) is 4.70 Å². The highest BCUT2D eigenvalue weighted by Gasteiger charge is 2.12. The first-order chi connectivity index (χ1) is 8.72. The number of aromatic nitrogens is 2. The number of anilines is 1. The average Bonchev–Trinajstić information content (AvgIpc) is 2.95. The van der Waals surface area contributed by atoms with Crippen LogP contribution in [0.4, 0.5) is 5.13 Å². The number of carbonyl (C=O) groups is 1.